The molecule has 0 heterocycles. The number of hydrogen-bond donors (Lipinski definition) is 2. The molecule has 4 heteroatoms. The second-order valence-electron chi connectivity index (χ2n) is 5.54. The van der Waals surface area contributed by atoms with Crippen LogP contribution in [0.15, 0.2) is 18.2 Å². The molecule has 0 bridgehead atoms. The van der Waals surface area contributed by atoms with Gasteiger partial charge in [0.2, 0.25) is 0 Å². The van der Waals surface area contributed by atoms with Crippen molar-refractivity contribution in [1.82, 2.24) is 5.32 Å². The second kappa shape index (κ2) is 5.95. The summed E-state index contributed by atoms with van der Waals surface area (Å²) in [6, 6.07) is 5.09. The summed E-state index contributed by atoms with van der Waals surface area (Å²) in [5.41, 5.74) is 1.52. The SMILES string of the molecule is Cc1ccc(O)c(C(=O)NCC2(CBr)CCCC2)c1. The van der Waals surface area contributed by atoms with Crippen molar-refractivity contribution < 1.29 is 9.90 Å². The standard InChI is InChI=1S/C15H20BrNO2/c1-11-4-5-13(18)12(8-11)14(19)17-10-15(9-16)6-2-3-7-15/h4-5,8,18H,2-3,6-7,9-10H2,1H3,(H,17,19). The van der Waals surface area contributed by atoms with Gasteiger partial charge in [-0.3, -0.25) is 4.79 Å². The summed E-state index contributed by atoms with van der Waals surface area (Å²) < 4.78 is 0. The van der Waals surface area contributed by atoms with Crippen LogP contribution in [0.1, 0.15) is 41.6 Å². The lowest BCUT2D eigenvalue weighted by molar-refractivity contribution is 0.0933. The predicted molar refractivity (Wildman–Crippen MR) is 79.9 cm³/mol. The van der Waals surface area contributed by atoms with E-state index in [-0.39, 0.29) is 17.1 Å². The first-order valence-corrected chi connectivity index (χ1v) is 7.82. The van der Waals surface area contributed by atoms with Crippen molar-refractivity contribution in [1.29, 1.82) is 0 Å². The highest BCUT2D eigenvalue weighted by Gasteiger charge is 2.33. The molecule has 0 aliphatic heterocycles. The van der Waals surface area contributed by atoms with E-state index in [4.69, 9.17) is 0 Å². The highest BCUT2D eigenvalue weighted by Crippen LogP contribution is 2.39. The molecule has 1 aliphatic carbocycles. The Morgan fingerprint density at radius 3 is 2.74 bits per heavy atom. The Hall–Kier alpha value is -1.03. The highest BCUT2D eigenvalue weighted by molar-refractivity contribution is 9.09. The first-order valence-electron chi connectivity index (χ1n) is 6.70. The fraction of sp³-hybridized carbons (Fsp3) is 0.533. The molecular formula is C15H20BrNO2. The van der Waals surface area contributed by atoms with Gasteiger partial charge in [-0.1, -0.05) is 40.4 Å². The summed E-state index contributed by atoms with van der Waals surface area (Å²) in [4.78, 5) is 12.1. The number of nitrogens with one attached hydrogen (secondary N) is 1. The van der Waals surface area contributed by atoms with E-state index in [2.05, 4.69) is 21.2 Å². The molecule has 1 saturated carbocycles. The number of aromatic hydroxyl groups is 1. The van der Waals surface area contributed by atoms with Gasteiger partial charge in [-0.25, -0.2) is 0 Å². The number of alkyl halides is 1. The van der Waals surface area contributed by atoms with Crippen molar-refractivity contribution in [2.45, 2.75) is 32.6 Å². The molecule has 0 spiro atoms. The summed E-state index contributed by atoms with van der Waals surface area (Å²) in [5, 5.41) is 13.6. The Kier molecular flexibility index (Phi) is 4.50. The molecule has 0 radical (unpaired) electrons. The zero-order valence-electron chi connectivity index (χ0n) is 11.2. The Balaban J connectivity index is 2.03. The van der Waals surface area contributed by atoms with E-state index in [0.29, 0.717) is 12.1 Å². The van der Waals surface area contributed by atoms with E-state index in [1.165, 1.54) is 12.8 Å². The maximum atomic E-state index is 12.1. The minimum atomic E-state index is -0.187. The zero-order chi connectivity index (χ0) is 13.9. The smallest absolute Gasteiger partial charge is 0.255 e. The summed E-state index contributed by atoms with van der Waals surface area (Å²) >= 11 is 3.57. The van der Waals surface area contributed by atoms with Crippen molar-refractivity contribution >= 4 is 21.8 Å². The molecule has 3 nitrogen and oxygen atoms in total. The highest BCUT2D eigenvalue weighted by atomic mass is 79.9. The van der Waals surface area contributed by atoms with E-state index >= 15 is 0 Å². The number of hydrogen-bond acceptors (Lipinski definition) is 2. The monoisotopic (exact) mass is 325 g/mol. The molecule has 1 aliphatic rings. The van der Waals surface area contributed by atoms with Gasteiger partial charge in [0, 0.05) is 11.9 Å². The van der Waals surface area contributed by atoms with E-state index in [9.17, 15) is 9.90 Å². The number of rotatable bonds is 4. The zero-order valence-corrected chi connectivity index (χ0v) is 12.8. The summed E-state index contributed by atoms with van der Waals surface area (Å²) in [6.07, 6.45) is 4.77. The van der Waals surface area contributed by atoms with Gasteiger partial charge in [-0.2, -0.15) is 0 Å². The number of carbonyl (C=O) groups is 1. The molecule has 1 aromatic carbocycles. The van der Waals surface area contributed by atoms with Crippen molar-refractivity contribution in [2.75, 3.05) is 11.9 Å². The third-order valence-corrected chi connectivity index (χ3v) is 5.16. The first kappa shape index (κ1) is 14.4. The third kappa shape index (κ3) is 3.30. The average Bonchev–Trinajstić information content (AvgIpc) is 2.88. The Labute approximate surface area is 122 Å². The number of amides is 1. The number of aryl methyl sites for hydroxylation is 1. The van der Waals surface area contributed by atoms with Gasteiger partial charge in [0.1, 0.15) is 5.75 Å². The van der Waals surface area contributed by atoms with Gasteiger partial charge in [-0.15, -0.1) is 0 Å². The summed E-state index contributed by atoms with van der Waals surface area (Å²) in [5.74, 6) is -0.143. The van der Waals surface area contributed by atoms with E-state index in [1.807, 2.05) is 6.92 Å². The van der Waals surface area contributed by atoms with E-state index in [0.717, 1.165) is 23.7 Å². The lowest BCUT2D eigenvalue weighted by atomic mass is 9.89. The largest absolute Gasteiger partial charge is 0.507 e. The summed E-state index contributed by atoms with van der Waals surface area (Å²) in [6.45, 7) is 2.58. The number of halogens is 1. The molecule has 0 saturated heterocycles. The third-order valence-electron chi connectivity index (χ3n) is 3.97. The van der Waals surface area contributed by atoms with Gasteiger partial charge in [0.15, 0.2) is 0 Å². The maximum absolute atomic E-state index is 12.1. The molecule has 0 atom stereocenters. The molecule has 1 fully saturated rings. The molecule has 2 N–H and O–H groups in total. The average molecular weight is 326 g/mol. The van der Waals surface area contributed by atoms with Gasteiger partial charge in [0.05, 0.1) is 5.56 Å². The van der Waals surface area contributed by atoms with Gasteiger partial charge in [0.25, 0.3) is 5.91 Å². The minimum absolute atomic E-state index is 0.0439. The van der Waals surface area contributed by atoms with Crippen LogP contribution < -0.4 is 5.32 Å². The molecule has 1 aromatic rings. The predicted octanol–water partition coefficient (Wildman–Crippen LogP) is 3.39. The fourth-order valence-corrected chi connectivity index (χ4v) is 3.44. The fourth-order valence-electron chi connectivity index (χ4n) is 2.68. The molecule has 0 unspecified atom stereocenters. The van der Waals surface area contributed by atoms with Crippen LogP contribution in [0, 0.1) is 12.3 Å². The topological polar surface area (TPSA) is 49.3 Å². The van der Waals surface area contributed by atoms with Crippen LogP contribution in [-0.4, -0.2) is 22.9 Å². The Morgan fingerprint density at radius 1 is 1.42 bits per heavy atom. The Bertz CT molecular complexity index is 467. The van der Waals surface area contributed by atoms with E-state index < -0.39 is 0 Å². The van der Waals surface area contributed by atoms with Crippen LogP contribution in [0.3, 0.4) is 0 Å². The van der Waals surface area contributed by atoms with Crippen LogP contribution in [0.25, 0.3) is 0 Å². The lowest BCUT2D eigenvalue weighted by Gasteiger charge is -2.26. The molecule has 2 rings (SSSR count). The van der Waals surface area contributed by atoms with Crippen molar-refractivity contribution in [3.05, 3.63) is 29.3 Å². The summed E-state index contributed by atoms with van der Waals surface area (Å²) in [7, 11) is 0. The van der Waals surface area contributed by atoms with E-state index in [1.54, 1.807) is 18.2 Å². The van der Waals surface area contributed by atoms with Crippen LogP contribution >= 0.6 is 15.9 Å². The van der Waals surface area contributed by atoms with Crippen molar-refractivity contribution in [3.8, 4) is 5.75 Å². The molecule has 1 amide bonds. The first-order chi connectivity index (χ1) is 9.06. The van der Waals surface area contributed by atoms with Gasteiger partial charge < -0.3 is 10.4 Å². The van der Waals surface area contributed by atoms with Crippen LogP contribution in [0.5, 0.6) is 5.75 Å². The second-order valence-corrected chi connectivity index (χ2v) is 6.10. The van der Waals surface area contributed by atoms with Crippen LogP contribution in [0.2, 0.25) is 0 Å². The molecule has 19 heavy (non-hydrogen) atoms. The van der Waals surface area contributed by atoms with Gasteiger partial charge in [-0.05, 0) is 37.3 Å². The van der Waals surface area contributed by atoms with Crippen LogP contribution in [-0.2, 0) is 0 Å². The number of carbonyl (C=O) groups excluding carboxylic acids is 1. The minimum Gasteiger partial charge on any atom is -0.507 e. The van der Waals surface area contributed by atoms with Crippen molar-refractivity contribution in [3.63, 3.8) is 0 Å². The lowest BCUT2D eigenvalue weighted by Crippen LogP contribution is -2.37. The maximum Gasteiger partial charge on any atom is 0.255 e. The number of benzene rings is 1. The van der Waals surface area contributed by atoms with Gasteiger partial charge >= 0.3 is 0 Å². The number of phenolic OH excluding ortho intramolecular Hbond substituents is 1. The van der Waals surface area contributed by atoms with Crippen molar-refractivity contribution in [2.24, 2.45) is 5.41 Å². The normalized spacial score (nSPS) is 17.4. The Morgan fingerprint density at radius 2 is 2.11 bits per heavy atom. The molecular weight excluding hydrogens is 306 g/mol. The number of phenols is 1. The van der Waals surface area contributed by atoms with Crippen LogP contribution in [0.4, 0.5) is 0 Å². The molecule has 104 valence electrons. The molecule has 0 aromatic heterocycles. The quantitative estimate of drug-likeness (QED) is 0.834.